The largest absolute Gasteiger partial charge is 0.387 e. The highest BCUT2D eigenvalue weighted by Crippen LogP contribution is 2.34. The predicted octanol–water partition coefficient (Wildman–Crippen LogP) is 3.95. The minimum atomic E-state index is -0.463. The summed E-state index contributed by atoms with van der Waals surface area (Å²) in [6.07, 6.45) is 9.47. The van der Waals surface area contributed by atoms with Crippen molar-refractivity contribution in [3.8, 4) is 0 Å². The van der Waals surface area contributed by atoms with E-state index in [1.54, 1.807) is 6.20 Å². The van der Waals surface area contributed by atoms with Gasteiger partial charge in [0.2, 0.25) is 0 Å². The highest BCUT2D eigenvalue weighted by molar-refractivity contribution is 6.31. The van der Waals surface area contributed by atoms with E-state index in [0.717, 1.165) is 25.1 Å². The number of aliphatic hydroxyl groups is 1. The Kier molecular flexibility index (Phi) is 5.07. The summed E-state index contributed by atoms with van der Waals surface area (Å²) in [6.45, 7) is 2.93. The van der Waals surface area contributed by atoms with Crippen LogP contribution in [0.1, 0.15) is 63.7 Å². The zero-order valence-corrected chi connectivity index (χ0v) is 11.9. The third-order valence-corrected chi connectivity index (χ3v) is 4.16. The van der Waals surface area contributed by atoms with Crippen LogP contribution < -0.4 is 0 Å². The topological polar surface area (TPSA) is 38.0 Å². The van der Waals surface area contributed by atoms with E-state index in [9.17, 15) is 5.11 Å². The molecule has 1 aromatic heterocycles. The van der Waals surface area contributed by atoms with E-state index >= 15 is 0 Å². The van der Waals surface area contributed by atoms with Gasteiger partial charge in [-0.2, -0.15) is 5.10 Å². The van der Waals surface area contributed by atoms with Crippen LogP contribution in [0.2, 0.25) is 5.02 Å². The molecule has 0 aliphatic heterocycles. The van der Waals surface area contributed by atoms with Gasteiger partial charge in [-0.15, -0.1) is 0 Å². The van der Waals surface area contributed by atoms with Crippen molar-refractivity contribution in [3.63, 3.8) is 0 Å². The first kappa shape index (κ1) is 13.9. The molecule has 1 unspecified atom stereocenters. The summed E-state index contributed by atoms with van der Waals surface area (Å²) in [6, 6.07) is 0. The Bertz CT molecular complexity index is 372. The molecule has 18 heavy (non-hydrogen) atoms. The third kappa shape index (κ3) is 3.27. The van der Waals surface area contributed by atoms with Gasteiger partial charge in [0, 0.05) is 6.54 Å². The van der Waals surface area contributed by atoms with Gasteiger partial charge in [-0.25, -0.2) is 0 Å². The van der Waals surface area contributed by atoms with Gasteiger partial charge in [-0.05, 0) is 18.8 Å². The van der Waals surface area contributed by atoms with Crippen LogP contribution in [-0.4, -0.2) is 14.9 Å². The molecule has 102 valence electrons. The first-order valence-corrected chi connectivity index (χ1v) is 7.49. The van der Waals surface area contributed by atoms with Gasteiger partial charge in [0.05, 0.1) is 23.0 Å². The predicted molar refractivity (Wildman–Crippen MR) is 73.7 cm³/mol. The van der Waals surface area contributed by atoms with Crippen LogP contribution in [0.4, 0.5) is 0 Å². The third-order valence-electron chi connectivity index (χ3n) is 3.87. The number of rotatable bonds is 5. The maximum absolute atomic E-state index is 10.4. The van der Waals surface area contributed by atoms with Gasteiger partial charge < -0.3 is 5.11 Å². The fourth-order valence-electron chi connectivity index (χ4n) is 2.94. The molecule has 0 bridgehead atoms. The lowest BCUT2D eigenvalue weighted by atomic mass is 9.85. The Hall–Kier alpha value is -0.540. The van der Waals surface area contributed by atoms with E-state index in [4.69, 9.17) is 11.6 Å². The Labute approximate surface area is 114 Å². The maximum Gasteiger partial charge on any atom is 0.0974 e. The van der Waals surface area contributed by atoms with Gasteiger partial charge in [0.25, 0.3) is 0 Å². The molecule has 1 aliphatic carbocycles. The summed E-state index contributed by atoms with van der Waals surface area (Å²) in [4.78, 5) is 0. The van der Waals surface area contributed by atoms with E-state index in [-0.39, 0.29) is 0 Å². The van der Waals surface area contributed by atoms with Crippen molar-refractivity contribution in [2.24, 2.45) is 5.92 Å². The summed E-state index contributed by atoms with van der Waals surface area (Å²) in [5, 5.41) is 15.3. The molecule has 1 N–H and O–H groups in total. The lowest BCUT2D eigenvalue weighted by Crippen LogP contribution is -2.15. The number of aromatic nitrogens is 2. The molecule has 0 aromatic carbocycles. The molecule has 0 radical (unpaired) electrons. The summed E-state index contributed by atoms with van der Waals surface area (Å²) >= 11 is 6.15. The highest BCUT2D eigenvalue weighted by atomic mass is 35.5. The van der Waals surface area contributed by atoms with Crippen LogP contribution in [0.3, 0.4) is 0 Å². The number of halogens is 1. The lowest BCUT2D eigenvalue weighted by Gasteiger charge is -2.24. The molecule has 1 atom stereocenters. The second-order valence-corrected chi connectivity index (χ2v) is 5.76. The smallest absolute Gasteiger partial charge is 0.0974 e. The van der Waals surface area contributed by atoms with Crippen molar-refractivity contribution >= 4 is 11.6 Å². The monoisotopic (exact) mass is 270 g/mol. The Morgan fingerprint density at radius 3 is 2.83 bits per heavy atom. The molecule has 0 saturated heterocycles. The zero-order chi connectivity index (χ0) is 13.0. The van der Waals surface area contributed by atoms with Gasteiger partial charge in [0.1, 0.15) is 0 Å². The highest BCUT2D eigenvalue weighted by Gasteiger charge is 2.23. The zero-order valence-electron chi connectivity index (χ0n) is 11.1. The second-order valence-electron chi connectivity index (χ2n) is 5.36. The standard InChI is InChI=1S/C14H23ClN2O/c1-2-8-17-14(12(15)10-16-17)13(18)9-11-6-4-3-5-7-11/h10-11,13,18H,2-9H2,1H3. The van der Waals surface area contributed by atoms with E-state index < -0.39 is 6.10 Å². The molecule has 0 amide bonds. The molecule has 1 aromatic rings. The molecule has 1 aliphatic rings. The number of hydrogen-bond donors (Lipinski definition) is 1. The molecular formula is C14H23ClN2O. The fraction of sp³-hybridized carbons (Fsp3) is 0.786. The van der Waals surface area contributed by atoms with Crippen LogP contribution >= 0.6 is 11.6 Å². The van der Waals surface area contributed by atoms with E-state index in [1.165, 1.54) is 32.1 Å². The second kappa shape index (κ2) is 6.58. The van der Waals surface area contributed by atoms with E-state index in [2.05, 4.69) is 12.0 Å². The Morgan fingerprint density at radius 2 is 2.17 bits per heavy atom. The lowest BCUT2D eigenvalue weighted by molar-refractivity contribution is 0.122. The fourth-order valence-corrected chi connectivity index (χ4v) is 3.21. The van der Waals surface area contributed by atoms with Gasteiger partial charge in [-0.3, -0.25) is 4.68 Å². The minimum Gasteiger partial charge on any atom is -0.387 e. The summed E-state index contributed by atoms with van der Waals surface area (Å²) in [5.74, 6) is 0.648. The van der Waals surface area contributed by atoms with Crippen LogP contribution in [0.25, 0.3) is 0 Å². The molecular weight excluding hydrogens is 248 g/mol. The van der Waals surface area contributed by atoms with Crippen molar-refractivity contribution in [1.29, 1.82) is 0 Å². The van der Waals surface area contributed by atoms with Crippen LogP contribution in [0, 0.1) is 5.92 Å². The molecule has 4 heteroatoms. The quantitative estimate of drug-likeness (QED) is 0.880. The summed E-state index contributed by atoms with van der Waals surface area (Å²) in [7, 11) is 0. The van der Waals surface area contributed by atoms with Crippen molar-refractivity contribution in [2.75, 3.05) is 0 Å². The average molecular weight is 271 g/mol. The van der Waals surface area contributed by atoms with Gasteiger partial charge in [0.15, 0.2) is 0 Å². The van der Waals surface area contributed by atoms with E-state index in [0.29, 0.717) is 10.9 Å². The average Bonchev–Trinajstić information content (AvgIpc) is 2.72. The van der Waals surface area contributed by atoms with E-state index in [1.807, 2.05) is 4.68 Å². The molecule has 0 spiro atoms. The van der Waals surface area contributed by atoms with Crippen molar-refractivity contribution in [1.82, 2.24) is 9.78 Å². The maximum atomic E-state index is 10.4. The molecule has 1 heterocycles. The van der Waals surface area contributed by atoms with Crippen molar-refractivity contribution < 1.29 is 5.11 Å². The minimum absolute atomic E-state index is 0.463. The molecule has 2 rings (SSSR count). The number of aryl methyl sites for hydroxylation is 1. The van der Waals surface area contributed by atoms with Crippen molar-refractivity contribution in [2.45, 2.75) is 64.5 Å². The van der Waals surface area contributed by atoms with Gasteiger partial charge in [-0.1, -0.05) is 50.6 Å². The first-order valence-electron chi connectivity index (χ1n) is 7.11. The number of nitrogens with zero attached hydrogens (tertiary/aromatic N) is 2. The molecule has 1 fully saturated rings. The number of aliphatic hydroxyl groups excluding tert-OH is 1. The molecule has 3 nitrogen and oxygen atoms in total. The summed E-state index contributed by atoms with van der Waals surface area (Å²) < 4.78 is 1.86. The Morgan fingerprint density at radius 1 is 1.44 bits per heavy atom. The SMILES string of the molecule is CCCn1ncc(Cl)c1C(O)CC1CCCCC1. The van der Waals surface area contributed by atoms with Crippen LogP contribution in [-0.2, 0) is 6.54 Å². The van der Waals surface area contributed by atoms with Crippen molar-refractivity contribution in [3.05, 3.63) is 16.9 Å². The Balaban J connectivity index is 2.02. The first-order chi connectivity index (χ1) is 8.72. The van der Waals surface area contributed by atoms with Crippen LogP contribution in [0.5, 0.6) is 0 Å². The normalized spacial score (nSPS) is 19.1. The molecule has 1 saturated carbocycles. The summed E-state index contributed by atoms with van der Waals surface area (Å²) in [5.41, 5.74) is 0.809. The van der Waals surface area contributed by atoms with Gasteiger partial charge >= 0.3 is 0 Å². The number of hydrogen-bond acceptors (Lipinski definition) is 2. The van der Waals surface area contributed by atoms with Crippen LogP contribution in [0.15, 0.2) is 6.20 Å².